The molecule has 2 unspecified atom stereocenters. The van der Waals surface area contributed by atoms with E-state index in [9.17, 15) is 4.79 Å². The Morgan fingerprint density at radius 1 is 1.38 bits per heavy atom. The van der Waals surface area contributed by atoms with Gasteiger partial charge in [-0.15, -0.1) is 22.7 Å². The lowest BCUT2D eigenvalue weighted by molar-refractivity contribution is 0.0389. The van der Waals surface area contributed by atoms with Gasteiger partial charge >= 0.3 is 5.97 Å². The van der Waals surface area contributed by atoms with Crippen molar-refractivity contribution >= 4 is 28.6 Å². The zero-order valence-corrected chi connectivity index (χ0v) is 13.5. The summed E-state index contributed by atoms with van der Waals surface area (Å²) in [6.07, 6.45) is 6.44. The minimum absolute atomic E-state index is 0.309. The molecular formula is C16H17NO2S2. The van der Waals surface area contributed by atoms with Crippen LogP contribution in [0.25, 0.3) is 9.88 Å². The van der Waals surface area contributed by atoms with E-state index in [0.717, 1.165) is 22.7 Å². The lowest BCUT2D eigenvalue weighted by Crippen LogP contribution is -2.21. The van der Waals surface area contributed by atoms with Crippen LogP contribution in [0.5, 0.6) is 0 Å². The van der Waals surface area contributed by atoms with Gasteiger partial charge in [-0.05, 0) is 36.1 Å². The number of ether oxygens (including phenoxy) is 1. The van der Waals surface area contributed by atoms with E-state index in [1.807, 2.05) is 17.5 Å². The van der Waals surface area contributed by atoms with Gasteiger partial charge in [0.1, 0.15) is 5.01 Å². The van der Waals surface area contributed by atoms with Gasteiger partial charge in [-0.25, -0.2) is 9.78 Å². The molecule has 21 heavy (non-hydrogen) atoms. The average molecular weight is 319 g/mol. The summed E-state index contributed by atoms with van der Waals surface area (Å²) in [5.41, 5.74) is 0.419. The Balaban J connectivity index is 1.59. The van der Waals surface area contributed by atoms with E-state index in [2.05, 4.69) is 24.1 Å². The number of esters is 1. The number of thiazole rings is 1. The summed E-state index contributed by atoms with van der Waals surface area (Å²) in [6.45, 7) is 2.69. The second-order valence-electron chi connectivity index (χ2n) is 5.29. The van der Waals surface area contributed by atoms with E-state index in [1.165, 1.54) is 11.3 Å². The van der Waals surface area contributed by atoms with Crippen molar-refractivity contribution in [3.63, 3.8) is 0 Å². The molecule has 0 saturated carbocycles. The Bertz CT molecular complexity index is 631. The van der Waals surface area contributed by atoms with Gasteiger partial charge in [0.25, 0.3) is 0 Å². The van der Waals surface area contributed by atoms with Crippen LogP contribution in [0.1, 0.15) is 30.3 Å². The van der Waals surface area contributed by atoms with Crippen molar-refractivity contribution in [2.45, 2.75) is 19.8 Å². The smallest absolute Gasteiger partial charge is 0.357 e. The third-order valence-corrected chi connectivity index (χ3v) is 5.67. The lowest BCUT2D eigenvalue weighted by Gasteiger charge is -2.24. The number of aromatic nitrogens is 1. The zero-order valence-electron chi connectivity index (χ0n) is 11.8. The van der Waals surface area contributed by atoms with Gasteiger partial charge in [0.15, 0.2) is 5.69 Å². The van der Waals surface area contributed by atoms with Crippen LogP contribution in [-0.2, 0) is 4.74 Å². The molecule has 3 nitrogen and oxygen atoms in total. The van der Waals surface area contributed by atoms with E-state index < -0.39 is 0 Å². The molecule has 5 heteroatoms. The maximum atomic E-state index is 12.1. The number of hydrogen-bond acceptors (Lipinski definition) is 5. The van der Waals surface area contributed by atoms with Crippen molar-refractivity contribution in [2.75, 3.05) is 6.61 Å². The highest BCUT2D eigenvalue weighted by Gasteiger charge is 2.21. The van der Waals surface area contributed by atoms with Crippen molar-refractivity contribution < 1.29 is 9.53 Å². The molecule has 110 valence electrons. The standard InChI is InChI=1S/C16H17NO2S2/c1-11-5-2-3-6-12(11)9-19-16(18)13-10-21-15(17-13)14-7-4-8-20-14/h2-4,7-8,10-12H,5-6,9H2,1H3. The summed E-state index contributed by atoms with van der Waals surface area (Å²) < 4.78 is 5.44. The largest absolute Gasteiger partial charge is 0.461 e. The summed E-state index contributed by atoms with van der Waals surface area (Å²) in [5, 5.41) is 4.67. The van der Waals surface area contributed by atoms with Crippen LogP contribution in [0.4, 0.5) is 0 Å². The molecule has 0 amide bonds. The molecule has 0 N–H and O–H groups in total. The van der Waals surface area contributed by atoms with Gasteiger partial charge < -0.3 is 4.74 Å². The molecule has 2 atom stereocenters. The molecule has 0 saturated heterocycles. The summed E-state index contributed by atoms with van der Waals surface area (Å²) in [5.74, 6) is 0.685. The Labute approximate surface area is 132 Å². The number of carbonyl (C=O) groups excluding carboxylic acids is 1. The fraction of sp³-hybridized carbons (Fsp3) is 0.375. The van der Waals surface area contributed by atoms with Crippen molar-refractivity contribution in [2.24, 2.45) is 11.8 Å². The fourth-order valence-electron chi connectivity index (χ4n) is 2.38. The monoisotopic (exact) mass is 319 g/mol. The fourth-order valence-corrected chi connectivity index (χ4v) is 3.98. The minimum Gasteiger partial charge on any atom is -0.461 e. The van der Waals surface area contributed by atoms with Crippen LogP contribution < -0.4 is 0 Å². The number of nitrogens with zero attached hydrogens (tertiary/aromatic N) is 1. The highest BCUT2D eigenvalue weighted by molar-refractivity contribution is 7.20. The molecule has 3 rings (SSSR count). The van der Waals surface area contributed by atoms with Crippen LogP contribution in [-0.4, -0.2) is 17.6 Å². The second-order valence-corrected chi connectivity index (χ2v) is 7.10. The Kier molecular flexibility index (Phi) is 4.51. The zero-order chi connectivity index (χ0) is 14.7. The first-order chi connectivity index (χ1) is 10.2. The number of hydrogen-bond donors (Lipinski definition) is 0. The molecule has 0 bridgehead atoms. The SMILES string of the molecule is CC1CC=CCC1COC(=O)c1csc(-c2cccs2)n1. The highest BCUT2D eigenvalue weighted by atomic mass is 32.1. The van der Waals surface area contributed by atoms with E-state index >= 15 is 0 Å². The molecule has 2 heterocycles. The van der Waals surface area contributed by atoms with E-state index in [4.69, 9.17) is 4.74 Å². The summed E-state index contributed by atoms with van der Waals surface area (Å²) in [4.78, 5) is 17.5. The van der Waals surface area contributed by atoms with E-state index in [-0.39, 0.29) is 5.97 Å². The number of thiophene rings is 1. The second kappa shape index (κ2) is 6.54. The van der Waals surface area contributed by atoms with Crippen LogP contribution >= 0.6 is 22.7 Å². The predicted octanol–water partition coefficient (Wildman–Crippen LogP) is 4.63. The van der Waals surface area contributed by atoms with Crippen LogP contribution in [0.3, 0.4) is 0 Å². The van der Waals surface area contributed by atoms with Gasteiger partial charge in [0.05, 0.1) is 11.5 Å². The van der Waals surface area contributed by atoms with Crippen molar-refractivity contribution in [1.82, 2.24) is 4.98 Å². The van der Waals surface area contributed by atoms with Crippen LogP contribution in [0.2, 0.25) is 0 Å². The third-order valence-electron chi connectivity index (χ3n) is 3.79. The molecule has 0 fully saturated rings. The quantitative estimate of drug-likeness (QED) is 0.609. The maximum Gasteiger partial charge on any atom is 0.357 e. The van der Waals surface area contributed by atoms with Crippen LogP contribution in [0, 0.1) is 11.8 Å². The molecular weight excluding hydrogens is 302 g/mol. The first kappa shape index (κ1) is 14.5. The minimum atomic E-state index is -0.309. The van der Waals surface area contributed by atoms with Crippen LogP contribution in [0.15, 0.2) is 35.0 Å². The van der Waals surface area contributed by atoms with E-state index in [1.54, 1.807) is 16.7 Å². The van der Waals surface area contributed by atoms with Gasteiger partial charge in [-0.1, -0.05) is 25.1 Å². The number of rotatable bonds is 4. The maximum absolute atomic E-state index is 12.1. The molecule has 0 aromatic carbocycles. The molecule has 0 aliphatic heterocycles. The topological polar surface area (TPSA) is 39.2 Å². The molecule has 2 aromatic rings. The van der Waals surface area contributed by atoms with Crippen molar-refractivity contribution in [1.29, 1.82) is 0 Å². The Morgan fingerprint density at radius 3 is 3.00 bits per heavy atom. The van der Waals surface area contributed by atoms with Crippen molar-refractivity contribution in [3.05, 3.63) is 40.7 Å². The first-order valence-electron chi connectivity index (χ1n) is 7.05. The van der Waals surface area contributed by atoms with Gasteiger partial charge in [-0.2, -0.15) is 0 Å². The Morgan fingerprint density at radius 2 is 2.24 bits per heavy atom. The molecule has 1 aliphatic rings. The third kappa shape index (κ3) is 3.41. The predicted molar refractivity (Wildman–Crippen MR) is 86.7 cm³/mol. The van der Waals surface area contributed by atoms with Gasteiger partial charge in [0.2, 0.25) is 0 Å². The molecule has 0 spiro atoms. The first-order valence-corrected chi connectivity index (χ1v) is 8.81. The summed E-state index contributed by atoms with van der Waals surface area (Å²) in [6, 6.07) is 3.99. The van der Waals surface area contributed by atoms with E-state index in [0.29, 0.717) is 24.1 Å². The number of carbonyl (C=O) groups is 1. The summed E-state index contributed by atoms with van der Waals surface area (Å²) >= 11 is 3.11. The number of allylic oxidation sites excluding steroid dienone is 2. The van der Waals surface area contributed by atoms with Crippen molar-refractivity contribution in [3.8, 4) is 9.88 Å². The Hall–Kier alpha value is -1.46. The normalized spacial score (nSPS) is 21.4. The average Bonchev–Trinajstić information content (AvgIpc) is 3.16. The molecule has 1 aliphatic carbocycles. The summed E-state index contributed by atoms with van der Waals surface area (Å²) in [7, 11) is 0. The highest BCUT2D eigenvalue weighted by Crippen LogP contribution is 2.28. The lowest BCUT2D eigenvalue weighted by atomic mass is 9.85. The van der Waals surface area contributed by atoms with Gasteiger partial charge in [-0.3, -0.25) is 0 Å². The van der Waals surface area contributed by atoms with Gasteiger partial charge in [0, 0.05) is 5.38 Å². The molecule has 0 radical (unpaired) electrons. The molecule has 2 aromatic heterocycles.